The third kappa shape index (κ3) is 23.0. The fourth-order valence-electron chi connectivity index (χ4n) is 5.12. The van der Waals surface area contributed by atoms with Crippen molar-refractivity contribution in [1.82, 2.24) is 15.0 Å². The Kier molecular flexibility index (Phi) is 25.5. The highest BCUT2D eigenvalue weighted by Crippen LogP contribution is 2.16. The van der Waals surface area contributed by atoms with Crippen LogP contribution in [0.15, 0.2) is 30.5 Å². The van der Waals surface area contributed by atoms with Crippen LogP contribution in [0.25, 0.3) is 0 Å². The molecule has 1 aromatic carbocycles. The molecule has 2 aromatic rings. The minimum Gasteiger partial charge on any atom is -0.494 e. The number of rotatable bonds is 33. The second-order valence-electron chi connectivity index (χ2n) is 11.9. The largest absolute Gasteiger partial charge is 0.494 e. The van der Waals surface area contributed by atoms with Gasteiger partial charge in [0.05, 0.1) is 72.2 Å². The van der Waals surface area contributed by atoms with Gasteiger partial charge in [0.1, 0.15) is 11.4 Å². The van der Waals surface area contributed by atoms with E-state index in [1.165, 1.54) is 96.3 Å². The summed E-state index contributed by atoms with van der Waals surface area (Å²) in [7, 11) is 0. The lowest BCUT2D eigenvalue weighted by Crippen LogP contribution is -2.14. The van der Waals surface area contributed by atoms with Crippen LogP contribution in [0.5, 0.6) is 5.75 Å². The molecule has 0 atom stereocenters. The Balaban J connectivity index is 1.38. The number of hydrogen-bond donors (Lipinski definition) is 1. The van der Waals surface area contributed by atoms with Crippen LogP contribution < -0.4 is 10.5 Å². The molecule has 0 spiro atoms. The van der Waals surface area contributed by atoms with E-state index in [2.05, 4.69) is 29.4 Å². The number of nitrogens with two attached hydrogens (primary N) is 1. The van der Waals surface area contributed by atoms with E-state index in [1.54, 1.807) is 0 Å². The molecule has 45 heavy (non-hydrogen) atoms. The highest BCUT2D eigenvalue weighted by molar-refractivity contribution is 5.27. The maximum absolute atomic E-state index is 5.97. The smallest absolute Gasteiger partial charge is 0.119 e. The first-order valence-corrected chi connectivity index (χ1v) is 17.9. The maximum atomic E-state index is 5.97. The zero-order valence-corrected chi connectivity index (χ0v) is 28.4. The van der Waals surface area contributed by atoms with E-state index in [0.29, 0.717) is 65.9 Å². The summed E-state index contributed by atoms with van der Waals surface area (Å²) in [6.45, 7) is 8.40. The van der Waals surface area contributed by atoms with Gasteiger partial charge in [0, 0.05) is 6.54 Å². The molecule has 0 saturated heterocycles. The Morgan fingerprint density at radius 1 is 0.578 bits per heavy atom. The molecule has 9 heteroatoms. The van der Waals surface area contributed by atoms with Crippen molar-refractivity contribution in [1.29, 1.82) is 0 Å². The van der Waals surface area contributed by atoms with E-state index in [9.17, 15) is 0 Å². The molecule has 0 bridgehead atoms. The fourth-order valence-corrected chi connectivity index (χ4v) is 5.12. The minimum absolute atomic E-state index is 0.407. The standard InChI is InChI=1S/C36H64N4O5/c1-2-3-4-5-6-7-8-9-10-11-12-13-14-15-16-17-23-45-36-20-18-34(19-21-36)31-40-32-35(38-39-40)33-44-30-29-43-28-27-42-26-25-41-24-22-37/h18-21,32H,2-17,22-31,33,37H2,1H3. The second-order valence-corrected chi connectivity index (χ2v) is 11.9. The van der Waals surface area contributed by atoms with E-state index in [-0.39, 0.29) is 0 Å². The minimum atomic E-state index is 0.407. The molecule has 2 rings (SSSR count). The number of hydrogen-bond acceptors (Lipinski definition) is 8. The number of benzene rings is 1. The van der Waals surface area contributed by atoms with Gasteiger partial charge in [-0.25, -0.2) is 4.68 Å². The van der Waals surface area contributed by atoms with E-state index in [0.717, 1.165) is 30.0 Å². The lowest BCUT2D eigenvalue weighted by Gasteiger charge is -2.08. The zero-order valence-electron chi connectivity index (χ0n) is 28.4. The Morgan fingerprint density at radius 3 is 1.60 bits per heavy atom. The second kappa shape index (κ2) is 29.4. The lowest BCUT2D eigenvalue weighted by molar-refractivity contribution is -0.00370. The van der Waals surface area contributed by atoms with Crippen LogP contribution in [0.2, 0.25) is 0 Å². The van der Waals surface area contributed by atoms with Crippen molar-refractivity contribution in [2.24, 2.45) is 5.73 Å². The van der Waals surface area contributed by atoms with Crippen molar-refractivity contribution in [2.45, 2.75) is 123 Å². The summed E-state index contributed by atoms with van der Waals surface area (Å²) >= 11 is 0. The van der Waals surface area contributed by atoms with Gasteiger partial charge >= 0.3 is 0 Å². The lowest BCUT2D eigenvalue weighted by atomic mass is 10.0. The fraction of sp³-hybridized carbons (Fsp3) is 0.778. The van der Waals surface area contributed by atoms with E-state index < -0.39 is 0 Å². The highest BCUT2D eigenvalue weighted by Gasteiger charge is 2.04. The summed E-state index contributed by atoms with van der Waals surface area (Å²) < 4.78 is 29.6. The molecule has 1 heterocycles. The van der Waals surface area contributed by atoms with Gasteiger partial charge in [-0.15, -0.1) is 5.10 Å². The monoisotopic (exact) mass is 632 g/mol. The van der Waals surface area contributed by atoms with Crippen LogP contribution in [0.1, 0.15) is 121 Å². The van der Waals surface area contributed by atoms with Gasteiger partial charge in [0.25, 0.3) is 0 Å². The van der Waals surface area contributed by atoms with Gasteiger partial charge in [-0.3, -0.25) is 0 Å². The molecule has 0 amide bonds. The summed E-state index contributed by atoms with van der Waals surface area (Å²) in [4.78, 5) is 0. The van der Waals surface area contributed by atoms with Crippen molar-refractivity contribution >= 4 is 0 Å². The van der Waals surface area contributed by atoms with Crippen molar-refractivity contribution in [2.75, 3.05) is 59.4 Å². The van der Waals surface area contributed by atoms with Crippen LogP contribution >= 0.6 is 0 Å². The first-order chi connectivity index (χ1) is 22.3. The van der Waals surface area contributed by atoms with Crippen LogP contribution in [0.4, 0.5) is 0 Å². The normalized spacial score (nSPS) is 11.4. The molecule has 0 aliphatic heterocycles. The van der Waals surface area contributed by atoms with Gasteiger partial charge in [0.2, 0.25) is 0 Å². The van der Waals surface area contributed by atoms with Crippen molar-refractivity contribution in [3.63, 3.8) is 0 Å². The van der Waals surface area contributed by atoms with Gasteiger partial charge in [-0.05, 0) is 24.1 Å². The van der Waals surface area contributed by atoms with E-state index >= 15 is 0 Å². The Hall–Kier alpha value is -2.04. The summed E-state index contributed by atoms with van der Waals surface area (Å²) in [6.07, 6.45) is 24.0. The van der Waals surface area contributed by atoms with Gasteiger partial charge < -0.3 is 29.4 Å². The molecule has 0 aliphatic rings. The molecular formula is C36H64N4O5. The summed E-state index contributed by atoms with van der Waals surface area (Å²) in [5.74, 6) is 0.928. The predicted molar refractivity (Wildman–Crippen MR) is 182 cm³/mol. The van der Waals surface area contributed by atoms with Gasteiger partial charge in [0.15, 0.2) is 0 Å². The quantitative estimate of drug-likeness (QED) is 0.0808. The van der Waals surface area contributed by atoms with Crippen molar-refractivity contribution < 1.29 is 23.7 Å². The highest BCUT2D eigenvalue weighted by atomic mass is 16.6. The van der Waals surface area contributed by atoms with E-state index in [1.807, 2.05) is 23.0 Å². The van der Waals surface area contributed by atoms with Crippen LogP contribution in [-0.4, -0.2) is 74.4 Å². The third-order valence-electron chi connectivity index (χ3n) is 7.75. The average Bonchev–Trinajstić information content (AvgIpc) is 3.50. The summed E-state index contributed by atoms with van der Waals surface area (Å²) in [6, 6.07) is 8.27. The maximum Gasteiger partial charge on any atom is 0.119 e. The number of aromatic nitrogens is 3. The Morgan fingerprint density at radius 2 is 1.07 bits per heavy atom. The molecule has 258 valence electrons. The summed E-state index contributed by atoms with van der Waals surface area (Å²) in [5.41, 5.74) is 7.32. The molecule has 0 unspecified atom stereocenters. The third-order valence-corrected chi connectivity index (χ3v) is 7.75. The number of unbranched alkanes of at least 4 members (excludes halogenated alkanes) is 15. The molecule has 0 saturated carbocycles. The molecule has 9 nitrogen and oxygen atoms in total. The molecular weight excluding hydrogens is 568 g/mol. The molecule has 0 radical (unpaired) electrons. The predicted octanol–water partition coefficient (Wildman–Crippen LogP) is 7.49. The molecule has 2 N–H and O–H groups in total. The SMILES string of the molecule is CCCCCCCCCCCCCCCCCCOc1ccc(Cn2cc(COCCOCCOCCOCCN)nn2)cc1. The van der Waals surface area contributed by atoms with Crippen LogP contribution in [0.3, 0.4) is 0 Å². The molecule has 1 aromatic heterocycles. The van der Waals surface area contributed by atoms with Crippen molar-refractivity contribution in [3.8, 4) is 5.75 Å². The van der Waals surface area contributed by atoms with Crippen molar-refractivity contribution in [3.05, 3.63) is 41.7 Å². The molecule has 0 aliphatic carbocycles. The first kappa shape index (κ1) is 39.1. The Bertz CT molecular complexity index is 896. The summed E-state index contributed by atoms with van der Waals surface area (Å²) in [5, 5.41) is 8.44. The Labute approximate surface area is 273 Å². The first-order valence-electron chi connectivity index (χ1n) is 17.9. The topological polar surface area (TPSA) is 103 Å². The zero-order chi connectivity index (χ0) is 31.9. The van der Waals surface area contributed by atoms with Crippen LogP contribution in [0, 0.1) is 0 Å². The van der Waals surface area contributed by atoms with Gasteiger partial charge in [-0.2, -0.15) is 0 Å². The molecule has 0 fully saturated rings. The van der Waals surface area contributed by atoms with Crippen LogP contribution in [-0.2, 0) is 32.1 Å². The number of nitrogens with zero attached hydrogens (tertiary/aromatic N) is 3. The average molecular weight is 633 g/mol. The van der Waals surface area contributed by atoms with E-state index in [4.69, 9.17) is 29.4 Å². The van der Waals surface area contributed by atoms with Gasteiger partial charge in [-0.1, -0.05) is 121 Å². The number of ether oxygens (including phenoxy) is 5.